The molecule has 0 spiro atoms. The molecule has 0 saturated carbocycles. The molecule has 8 heteroatoms. The van der Waals surface area contributed by atoms with E-state index in [1.807, 2.05) is 13.0 Å². The lowest BCUT2D eigenvalue weighted by atomic mass is 10.5. The average Bonchev–Trinajstić information content (AvgIpc) is 2.96. The molecule has 3 heterocycles. The van der Waals surface area contributed by atoms with Crippen LogP contribution in [0.25, 0.3) is 5.78 Å². The van der Waals surface area contributed by atoms with Gasteiger partial charge in [-0.1, -0.05) is 0 Å². The molecule has 0 atom stereocenters. The minimum atomic E-state index is 0.647. The number of nitrogens with zero attached hydrogens (tertiary/aromatic N) is 6. The maximum Gasteiger partial charge on any atom is 0.253 e. The van der Waals surface area contributed by atoms with E-state index in [0.717, 1.165) is 29.4 Å². The molecule has 108 valence electrons. The molecule has 1 N–H and O–H groups in total. The second-order valence-corrected chi connectivity index (χ2v) is 5.52. The van der Waals surface area contributed by atoms with Gasteiger partial charge >= 0.3 is 0 Å². The van der Waals surface area contributed by atoms with Gasteiger partial charge in [0.15, 0.2) is 0 Å². The van der Waals surface area contributed by atoms with Crippen LogP contribution in [0.4, 0.5) is 5.95 Å². The van der Waals surface area contributed by atoms with Crippen LogP contribution in [0, 0.1) is 6.92 Å². The quantitative estimate of drug-likeness (QED) is 0.422. The van der Waals surface area contributed by atoms with E-state index in [-0.39, 0.29) is 0 Å². The van der Waals surface area contributed by atoms with Crippen molar-refractivity contribution in [2.75, 3.05) is 17.6 Å². The minimum Gasteiger partial charge on any atom is -0.354 e. The first-order chi connectivity index (χ1) is 10.3. The fourth-order valence-electron chi connectivity index (χ4n) is 1.84. The number of hydrogen-bond acceptors (Lipinski definition) is 7. The third-order valence-corrected chi connectivity index (χ3v) is 3.85. The Balaban J connectivity index is 1.52. The molecule has 3 rings (SSSR count). The molecule has 0 fully saturated rings. The number of thioether (sulfide) groups is 1. The predicted molar refractivity (Wildman–Crippen MR) is 81.4 cm³/mol. The topological polar surface area (TPSA) is 80.9 Å². The first kappa shape index (κ1) is 13.7. The molecule has 0 aliphatic carbocycles. The van der Waals surface area contributed by atoms with Gasteiger partial charge in [-0.25, -0.2) is 15.0 Å². The number of fused-ring (bicyclic) bond motifs is 1. The highest BCUT2D eigenvalue weighted by Gasteiger charge is 2.05. The summed E-state index contributed by atoms with van der Waals surface area (Å²) in [7, 11) is 0. The summed E-state index contributed by atoms with van der Waals surface area (Å²) in [6.45, 7) is 2.80. The van der Waals surface area contributed by atoms with E-state index in [0.29, 0.717) is 11.7 Å². The third kappa shape index (κ3) is 3.46. The van der Waals surface area contributed by atoms with Crippen LogP contribution >= 0.6 is 11.8 Å². The summed E-state index contributed by atoms with van der Waals surface area (Å²) in [5.41, 5.74) is 0.953. The molecular formula is C13H15N7S. The average molecular weight is 301 g/mol. The zero-order valence-corrected chi connectivity index (χ0v) is 12.4. The predicted octanol–water partition coefficient (Wildman–Crippen LogP) is 1.82. The van der Waals surface area contributed by atoms with Crippen LogP contribution < -0.4 is 5.32 Å². The van der Waals surface area contributed by atoms with Crippen LogP contribution in [0.5, 0.6) is 0 Å². The van der Waals surface area contributed by atoms with Crippen molar-refractivity contribution in [1.29, 1.82) is 0 Å². The summed E-state index contributed by atoms with van der Waals surface area (Å²) in [5.74, 6) is 2.28. The SMILES string of the molecule is Cc1cc(SCCCNc2ncccn2)n2ncnc2n1. The summed E-state index contributed by atoms with van der Waals surface area (Å²) >= 11 is 1.74. The Morgan fingerprint density at radius 2 is 2.10 bits per heavy atom. The highest BCUT2D eigenvalue weighted by Crippen LogP contribution is 2.19. The fourth-order valence-corrected chi connectivity index (χ4v) is 2.84. The number of nitrogens with one attached hydrogen (secondary N) is 1. The van der Waals surface area contributed by atoms with Crippen molar-refractivity contribution >= 4 is 23.5 Å². The van der Waals surface area contributed by atoms with Gasteiger partial charge in [0.1, 0.15) is 11.4 Å². The molecule has 0 aliphatic heterocycles. The Morgan fingerprint density at radius 3 is 2.95 bits per heavy atom. The largest absolute Gasteiger partial charge is 0.354 e. The number of rotatable bonds is 6. The van der Waals surface area contributed by atoms with Crippen molar-refractivity contribution in [2.24, 2.45) is 0 Å². The van der Waals surface area contributed by atoms with Gasteiger partial charge in [0.25, 0.3) is 5.78 Å². The van der Waals surface area contributed by atoms with Gasteiger partial charge in [0.05, 0.1) is 0 Å². The fraction of sp³-hybridized carbons (Fsp3) is 0.308. The Kier molecular flexibility index (Phi) is 4.25. The Hall–Kier alpha value is -2.22. The minimum absolute atomic E-state index is 0.647. The lowest BCUT2D eigenvalue weighted by Crippen LogP contribution is -2.06. The summed E-state index contributed by atoms with van der Waals surface area (Å²) in [4.78, 5) is 16.7. The van der Waals surface area contributed by atoms with Crippen LogP contribution in [-0.2, 0) is 0 Å². The standard InChI is InChI=1S/C13H15N7S/c1-10-8-11(20-13(19-10)17-9-18-20)21-7-3-6-16-12-14-4-2-5-15-12/h2,4-5,8-9H,3,6-7H2,1H3,(H,14,15,16). The van der Waals surface area contributed by atoms with E-state index in [1.54, 1.807) is 34.7 Å². The lowest BCUT2D eigenvalue weighted by molar-refractivity contribution is 0.831. The van der Waals surface area contributed by atoms with Crippen LogP contribution in [0.1, 0.15) is 12.1 Å². The second-order valence-electron chi connectivity index (χ2n) is 4.41. The van der Waals surface area contributed by atoms with Crippen molar-refractivity contribution in [2.45, 2.75) is 18.4 Å². The summed E-state index contributed by atoms with van der Waals surface area (Å²) < 4.78 is 1.77. The van der Waals surface area contributed by atoms with Crippen molar-refractivity contribution in [1.82, 2.24) is 29.5 Å². The summed E-state index contributed by atoms with van der Waals surface area (Å²) in [6.07, 6.45) is 5.98. The molecular weight excluding hydrogens is 286 g/mol. The van der Waals surface area contributed by atoms with Crippen molar-refractivity contribution in [3.63, 3.8) is 0 Å². The van der Waals surface area contributed by atoms with Crippen LogP contribution in [0.3, 0.4) is 0 Å². The summed E-state index contributed by atoms with van der Waals surface area (Å²) in [6, 6.07) is 3.83. The van der Waals surface area contributed by atoms with Gasteiger partial charge in [0, 0.05) is 30.4 Å². The molecule has 0 unspecified atom stereocenters. The molecule has 0 saturated heterocycles. The molecule has 0 aliphatic rings. The zero-order chi connectivity index (χ0) is 14.5. The Labute approximate surface area is 126 Å². The molecule has 0 bridgehead atoms. The van der Waals surface area contributed by atoms with Crippen LogP contribution in [0.15, 0.2) is 35.9 Å². The molecule has 3 aromatic heterocycles. The van der Waals surface area contributed by atoms with Crippen LogP contribution in [-0.4, -0.2) is 41.8 Å². The van der Waals surface area contributed by atoms with Gasteiger partial charge in [-0.2, -0.15) is 14.6 Å². The van der Waals surface area contributed by atoms with Crippen molar-refractivity contribution in [3.05, 3.63) is 36.5 Å². The third-order valence-electron chi connectivity index (χ3n) is 2.77. The van der Waals surface area contributed by atoms with E-state index in [9.17, 15) is 0 Å². The molecule has 21 heavy (non-hydrogen) atoms. The monoisotopic (exact) mass is 301 g/mol. The van der Waals surface area contributed by atoms with Gasteiger partial charge < -0.3 is 5.32 Å². The molecule has 0 amide bonds. The van der Waals surface area contributed by atoms with Crippen molar-refractivity contribution < 1.29 is 0 Å². The highest BCUT2D eigenvalue weighted by molar-refractivity contribution is 7.99. The number of hydrogen-bond donors (Lipinski definition) is 1. The van der Waals surface area contributed by atoms with Gasteiger partial charge in [-0.3, -0.25) is 0 Å². The maximum atomic E-state index is 4.33. The lowest BCUT2D eigenvalue weighted by Gasteiger charge is -2.06. The highest BCUT2D eigenvalue weighted by atomic mass is 32.2. The van der Waals surface area contributed by atoms with E-state index < -0.39 is 0 Å². The molecule has 0 radical (unpaired) electrons. The molecule has 3 aromatic rings. The normalized spacial score (nSPS) is 10.9. The van der Waals surface area contributed by atoms with E-state index in [1.165, 1.54) is 6.33 Å². The number of anilines is 1. The van der Waals surface area contributed by atoms with Gasteiger partial charge in [0.2, 0.25) is 5.95 Å². The van der Waals surface area contributed by atoms with E-state index >= 15 is 0 Å². The molecule has 0 aromatic carbocycles. The number of aryl methyl sites for hydroxylation is 1. The van der Waals surface area contributed by atoms with Gasteiger partial charge in [-0.15, -0.1) is 11.8 Å². The summed E-state index contributed by atoms with van der Waals surface area (Å²) in [5, 5.41) is 8.45. The second kappa shape index (κ2) is 6.49. The smallest absolute Gasteiger partial charge is 0.253 e. The Bertz CT molecular complexity index is 713. The van der Waals surface area contributed by atoms with E-state index in [2.05, 4.69) is 30.4 Å². The molecule has 7 nitrogen and oxygen atoms in total. The number of aromatic nitrogens is 6. The first-order valence-corrected chi connectivity index (χ1v) is 7.62. The maximum absolute atomic E-state index is 4.33. The van der Waals surface area contributed by atoms with Crippen molar-refractivity contribution in [3.8, 4) is 0 Å². The first-order valence-electron chi connectivity index (χ1n) is 6.64. The van der Waals surface area contributed by atoms with Gasteiger partial charge in [-0.05, 0) is 25.5 Å². The van der Waals surface area contributed by atoms with Crippen LogP contribution in [0.2, 0.25) is 0 Å². The van der Waals surface area contributed by atoms with E-state index in [4.69, 9.17) is 0 Å². The Morgan fingerprint density at radius 1 is 1.24 bits per heavy atom. The zero-order valence-electron chi connectivity index (χ0n) is 11.6.